The van der Waals surface area contributed by atoms with Crippen molar-refractivity contribution in [3.8, 4) is 5.75 Å². The number of carbonyl (C=O) groups excluding carboxylic acids is 1. The van der Waals surface area contributed by atoms with Crippen LogP contribution in [0, 0.1) is 0 Å². The number of nitrogens with one attached hydrogen (secondary N) is 1. The number of nitrogens with zero attached hydrogens (tertiary/aromatic N) is 1. The van der Waals surface area contributed by atoms with Crippen LogP contribution in [0.5, 0.6) is 5.75 Å². The monoisotopic (exact) mass is 516 g/mol. The van der Waals surface area contributed by atoms with E-state index in [9.17, 15) is 14.7 Å². The fourth-order valence-corrected chi connectivity index (χ4v) is 4.45. The van der Waals surface area contributed by atoms with E-state index in [1.54, 1.807) is 6.92 Å². The number of hydrogen-bond donors (Lipinski definition) is 2. The van der Waals surface area contributed by atoms with E-state index in [4.69, 9.17) is 9.47 Å². The van der Waals surface area contributed by atoms with Crippen LogP contribution in [0.3, 0.4) is 0 Å². The van der Waals surface area contributed by atoms with Crippen LogP contribution in [-0.4, -0.2) is 66.7 Å². The van der Waals surface area contributed by atoms with Gasteiger partial charge < -0.3 is 24.8 Å². The van der Waals surface area contributed by atoms with E-state index < -0.39 is 12.1 Å². The number of carboxylic acid groups (broad SMARTS) is 1. The molecule has 2 aromatic rings. The molecular weight excluding hydrogens is 476 g/mol. The van der Waals surface area contributed by atoms with Crippen LogP contribution in [0.15, 0.2) is 54.6 Å². The molecule has 0 saturated carbocycles. The Kier molecular flexibility index (Phi) is 14.5. The molecule has 0 aromatic heterocycles. The van der Waals surface area contributed by atoms with Crippen molar-refractivity contribution in [1.82, 2.24) is 10.2 Å². The van der Waals surface area contributed by atoms with E-state index in [0.29, 0.717) is 45.0 Å². The molecule has 0 saturated heterocycles. The highest BCUT2D eigenvalue weighted by molar-refractivity contribution is 7.98. The van der Waals surface area contributed by atoms with E-state index in [-0.39, 0.29) is 6.03 Å². The summed E-state index contributed by atoms with van der Waals surface area (Å²) in [5.74, 6) is 1.68. The zero-order valence-corrected chi connectivity index (χ0v) is 22.3. The molecule has 0 spiro atoms. The van der Waals surface area contributed by atoms with Gasteiger partial charge in [-0.1, -0.05) is 55.8 Å². The summed E-state index contributed by atoms with van der Waals surface area (Å²) < 4.78 is 11.2. The van der Waals surface area contributed by atoms with Gasteiger partial charge in [-0.05, 0) is 48.8 Å². The Morgan fingerprint density at radius 1 is 1.00 bits per heavy atom. The van der Waals surface area contributed by atoms with Crippen molar-refractivity contribution < 1.29 is 24.2 Å². The minimum Gasteiger partial charge on any atom is -0.492 e. The fourth-order valence-electron chi connectivity index (χ4n) is 3.55. The maximum absolute atomic E-state index is 12.7. The number of aliphatic carboxylic acids is 1. The van der Waals surface area contributed by atoms with E-state index in [2.05, 4.69) is 36.5 Å². The third-order valence-electron chi connectivity index (χ3n) is 5.54. The second-order valence-electron chi connectivity index (χ2n) is 8.44. The minimum atomic E-state index is -0.965. The van der Waals surface area contributed by atoms with E-state index in [0.717, 1.165) is 36.3 Å². The molecule has 0 aliphatic rings. The Morgan fingerprint density at radius 3 is 2.42 bits per heavy atom. The number of carboxylic acids is 1. The van der Waals surface area contributed by atoms with Crippen molar-refractivity contribution in [3.05, 3.63) is 65.7 Å². The maximum atomic E-state index is 12.7. The van der Waals surface area contributed by atoms with Gasteiger partial charge in [-0.2, -0.15) is 11.8 Å². The van der Waals surface area contributed by atoms with Crippen LogP contribution in [0.2, 0.25) is 0 Å². The SMILES string of the molecule is CCCCNC(=O)N(CCCSCc1ccccc1)CCOc1ccc(CC(OCC)C(=O)O)cc1. The number of ether oxygens (including phenoxy) is 2. The largest absolute Gasteiger partial charge is 0.492 e. The highest BCUT2D eigenvalue weighted by atomic mass is 32.2. The number of hydrogen-bond acceptors (Lipinski definition) is 5. The molecule has 0 aliphatic carbocycles. The lowest BCUT2D eigenvalue weighted by atomic mass is 10.1. The first kappa shape index (κ1) is 29.5. The van der Waals surface area contributed by atoms with Crippen LogP contribution in [-0.2, 0) is 21.7 Å². The van der Waals surface area contributed by atoms with Crippen molar-refractivity contribution in [2.75, 3.05) is 38.6 Å². The van der Waals surface area contributed by atoms with Crippen molar-refractivity contribution in [2.24, 2.45) is 0 Å². The van der Waals surface area contributed by atoms with Gasteiger partial charge in [-0.3, -0.25) is 0 Å². The molecule has 0 heterocycles. The zero-order chi connectivity index (χ0) is 26.0. The maximum Gasteiger partial charge on any atom is 0.333 e. The molecule has 36 heavy (non-hydrogen) atoms. The first-order valence-corrected chi connectivity index (χ1v) is 13.9. The normalized spacial score (nSPS) is 11.6. The first-order valence-electron chi connectivity index (χ1n) is 12.7. The molecule has 2 N–H and O–H groups in total. The number of amides is 2. The Labute approximate surface area is 219 Å². The summed E-state index contributed by atoms with van der Waals surface area (Å²) in [7, 11) is 0. The molecular formula is C28H40N2O5S. The third-order valence-corrected chi connectivity index (χ3v) is 6.65. The fraction of sp³-hybridized carbons (Fsp3) is 0.500. The number of benzene rings is 2. The average Bonchev–Trinajstić information content (AvgIpc) is 2.88. The van der Waals surface area contributed by atoms with E-state index >= 15 is 0 Å². The van der Waals surface area contributed by atoms with E-state index in [1.807, 2.05) is 47.0 Å². The van der Waals surface area contributed by atoms with Crippen LogP contribution >= 0.6 is 11.8 Å². The van der Waals surface area contributed by atoms with Gasteiger partial charge in [0, 0.05) is 31.9 Å². The molecule has 2 amide bonds. The molecule has 198 valence electrons. The predicted octanol–water partition coefficient (Wildman–Crippen LogP) is 5.23. The van der Waals surface area contributed by atoms with Crippen LogP contribution in [0.1, 0.15) is 44.2 Å². The van der Waals surface area contributed by atoms with Gasteiger partial charge in [0.15, 0.2) is 6.10 Å². The Bertz CT molecular complexity index is 879. The van der Waals surface area contributed by atoms with Crippen molar-refractivity contribution in [2.45, 2.75) is 51.4 Å². The lowest BCUT2D eigenvalue weighted by molar-refractivity contribution is -0.149. The van der Waals surface area contributed by atoms with Crippen LogP contribution < -0.4 is 10.1 Å². The Morgan fingerprint density at radius 2 is 1.75 bits per heavy atom. The summed E-state index contributed by atoms with van der Waals surface area (Å²) >= 11 is 1.88. The number of thioether (sulfide) groups is 1. The molecule has 2 aromatic carbocycles. The first-order chi connectivity index (χ1) is 17.5. The van der Waals surface area contributed by atoms with Gasteiger partial charge in [0.05, 0.1) is 6.54 Å². The lowest BCUT2D eigenvalue weighted by Gasteiger charge is -2.23. The summed E-state index contributed by atoms with van der Waals surface area (Å²) in [4.78, 5) is 25.8. The minimum absolute atomic E-state index is 0.0499. The standard InChI is InChI=1S/C28H40N2O5S/c1-3-5-16-29-28(33)30(17-9-20-36-22-24-10-7-6-8-11-24)18-19-35-25-14-12-23(13-15-25)21-26(27(31)32)34-4-2/h6-8,10-15,26H,3-5,9,16-22H2,1-2H3,(H,29,33)(H,31,32). The summed E-state index contributed by atoms with van der Waals surface area (Å²) in [6.45, 7) is 6.47. The molecule has 2 rings (SSSR count). The second kappa shape index (κ2) is 17.7. The molecule has 0 fully saturated rings. The third kappa shape index (κ3) is 11.8. The number of urea groups is 1. The van der Waals surface area contributed by atoms with Gasteiger partial charge in [0.1, 0.15) is 12.4 Å². The molecule has 8 heteroatoms. The Balaban J connectivity index is 1.79. The molecule has 1 unspecified atom stereocenters. The van der Waals surface area contributed by atoms with Crippen molar-refractivity contribution in [3.63, 3.8) is 0 Å². The Hall–Kier alpha value is -2.71. The van der Waals surface area contributed by atoms with Crippen molar-refractivity contribution >= 4 is 23.8 Å². The highest BCUT2D eigenvalue weighted by Gasteiger charge is 2.18. The average molecular weight is 517 g/mol. The molecule has 7 nitrogen and oxygen atoms in total. The summed E-state index contributed by atoms with van der Waals surface area (Å²) in [5.41, 5.74) is 2.18. The summed E-state index contributed by atoms with van der Waals surface area (Å²) in [5, 5.41) is 12.3. The topological polar surface area (TPSA) is 88.1 Å². The van der Waals surface area contributed by atoms with Crippen molar-refractivity contribution in [1.29, 1.82) is 0 Å². The second-order valence-corrected chi connectivity index (χ2v) is 9.55. The quantitative estimate of drug-likeness (QED) is 0.264. The number of unbranched alkanes of at least 4 members (excludes halogenated alkanes) is 1. The molecule has 1 atom stereocenters. The molecule has 0 aliphatic heterocycles. The van der Waals surface area contributed by atoms with Gasteiger partial charge in [-0.15, -0.1) is 0 Å². The lowest BCUT2D eigenvalue weighted by Crippen LogP contribution is -2.43. The van der Waals surface area contributed by atoms with Gasteiger partial charge in [0.2, 0.25) is 0 Å². The predicted molar refractivity (Wildman–Crippen MR) is 146 cm³/mol. The number of rotatable bonds is 18. The van der Waals surface area contributed by atoms with E-state index in [1.165, 1.54) is 5.56 Å². The van der Waals surface area contributed by atoms with Gasteiger partial charge in [0.25, 0.3) is 0 Å². The van der Waals surface area contributed by atoms with Crippen LogP contribution in [0.4, 0.5) is 4.79 Å². The molecule has 0 radical (unpaired) electrons. The van der Waals surface area contributed by atoms with Crippen LogP contribution in [0.25, 0.3) is 0 Å². The summed E-state index contributed by atoms with van der Waals surface area (Å²) in [6.07, 6.45) is 2.36. The smallest absolute Gasteiger partial charge is 0.333 e. The highest BCUT2D eigenvalue weighted by Crippen LogP contribution is 2.15. The molecule has 0 bridgehead atoms. The summed E-state index contributed by atoms with van der Waals surface area (Å²) in [6, 6.07) is 17.7. The number of carbonyl (C=O) groups is 2. The van der Waals surface area contributed by atoms with Gasteiger partial charge >= 0.3 is 12.0 Å². The van der Waals surface area contributed by atoms with Gasteiger partial charge in [-0.25, -0.2) is 9.59 Å². The zero-order valence-electron chi connectivity index (χ0n) is 21.5.